The first kappa shape index (κ1) is 21.3. The van der Waals surface area contributed by atoms with E-state index < -0.39 is 0 Å². The molecule has 0 radical (unpaired) electrons. The lowest BCUT2D eigenvalue weighted by Gasteiger charge is -2.36. The van der Waals surface area contributed by atoms with Crippen molar-refractivity contribution in [3.05, 3.63) is 71.8 Å². The molecular formula is C26H29NO4. The number of hydrogen-bond donors (Lipinski definition) is 1. The van der Waals surface area contributed by atoms with Crippen LogP contribution in [0.25, 0.3) is 0 Å². The summed E-state index contributed by atoms with van der Waals surface area (Å²) in [5, 5.41) is 3.02. The molecule has 2 saturated carbocycles. The molecule has 0 heterocycles. The number of ether oxygens (including phenoxy) is 1. The Morgan fingerprint density at radius 3 is 2.19 bits per heavy atom. The van der Waals surface area contributed by atoms with E-state index in [1.165, 1.54) is 0 Å². The summed E-state index contributed by atoms with van der Waals surface area (Å²) in [6.45, 7) is -0.295. The van der Waals surface area contributed by atoms with Gasteiger partial charge in [-0.1, -0.05) is 67.1 Å². The molecule has 0 aliphatic heterocycles. The quantitative estimate of drug-likeness (QED) is 0.688. The molecule has 1 amide bonds. The number of benzene rings is 2. The van der Waals surface area contributed by atoms with Crippen LogP contribution in [0, 0.1) is 17.8 Å². The lowest BCUT2D eigenvalue weighted by molar-refractivity contribution is -0.156. The summed E-state index contributed by atoms with van der Waals surface area (Å²) in [5.41, 5.74) is 2.12. The van der Waals surface area contributed by atoms with E-state index in [2.05, 4.69) is 5.32 Å². The minimum absolute atomic E-state index is 0.00721. The average Bonchev–Trinajstić information content (AvgIpc) is 2.78. The minimum atomic E-state index is -0.348. The molecule has 0 spiro atoms. The Bertz CT molecular complexity index is 896. The fourth-order valence-electron chi connectivity index (χ4n) is 4.95. The largest absolute Gasteiger partial charge is 0.455 e. The van der Waals surface area contributed by atoms with Crippen molar-refractivity contribution >= 4 is 17.7 Å². The van der Waals surface area contributed by atoms with Gasteiger partial charge in [0.2, 0.25) is 0 Å². The number of rotatable bonds is 7. The first-order chi connectivity index (χ1) is 15.1. The fourth-order valence-corrected chi connectivity index (χ4v) is 4.95. The van der Waals surface area contributed by atoms with Crippen LogP contribution < -0.4 is 5.32 Å². The summed E-state index contributed by atoms with van der Waals surface area (Å²) in [5.74, 6) is -0.627. The summed E-state index contributed by atoms with van der Waals surface area (Å²) >= 11 is 0. The molecule has 4 atom stereocenters. The molecule has 1 N–H and O–H groups in total. The molecule has 2 aliphatic rings. The van der Waals surface area contributed by atoms with Gasteiger partial charge in [0.05, 0.1) is 12.0 Å². The molecule has 2 aromatic carbocycles. The molecular weight excluding hydrogens is 390 g/mol. The second-order valence-electron chi connectivity index (χ2n) is 8.72. The Labute approximate surface area is 183 Å². The molecule has 162 valence electrons. The second-order valence-corrected chi connectivity index (χ2v) is 8.72. The van der Waals surface area contributed by atoms with E-state index >= 15 is 0 Å². The molecule has 2 aromatic rings. The standard InChI is InChI=1S/C26H29NO4/c28-24(17-31-26(30)22-15-20-12-7-13-21(16-22)25(20)29)27-23(19-10-5-2-6-11-19)14-18-8-3-1-4-9-18/h1-6,8-11,20-23H,7,12-17H2,(H,27,28)/t20-,21+,22?,23-/m0/s1. The van der Waals surface area contributed by atoms with Gasteiger partial charge in [0, 0.05) is 11.8 Å². The van der Waals surface area contributed by atoms with Crippen LogP contribution in [0.2, 0.25) is 0 Å². The van der Waals surface area contributed by atoms with E-state index in [-0.39, 0.29) is 42.3 Å². The van der Waals surface area contributed by atoms with Gasteiger partial charge in [0.1, 0.15) is 5.78 Å². The molecule has 1 unspecified atom stereocenters. The molecule has 2 fully saturated rings. The fraction of sp³-hybridized carbons (Fsp3) is 0.423. The van der Waals surface area contributed by atoms with Crippen molar-refractivity contribution in [2.45, 2.75) is 44.6 Å². The van der Waals surface area contributed by atoms with Crippen molar-refractivity contribution in [2.24, 2.45) is 17.8 Å². The first-order valence-corrected chi connectivity index (χ1v) is 11.2. The Balaban J connectivity index is 1.33. The van der Waals surface area contributed by atoms with Crippen LogP contribution in [-0.4, -0.2) is 24.3 Å². The summed E-state index contributed by atoms with van der Waals surface area (Å²) in [7, 11) is 0. The van der Waals surface area contributed by atoms with E-state index in [1.807, 2.05) is 60.7 Å². The lowest BCUT2D eigenvalue weighted by atomic mass is 9.67. The number of hydrogen-bond acceptors (Lipinski definition) is 4. The maximum Gasteiger partial charge on any atom is 0.309 e. The molecule has 0 saturated heterocycles. The van der Waals surface area contributed by atoms with Crippen LogP contribution in [0.5, 0.6) is 0 Å². The third kappa shape index (κ3) is 5.40. The topological polar surface area (TPSA) is 72.5 Å². The zero-order valence-corrected chi connectivity index (χ0v) is 17.7. The smallest absolute Gasteiger partial charge is 0.309 e. The van der Waals surface area contributed by atoms with Gasteiger partial charge in [-0.3, -0.25) is 14.4 Å². The average molecular weight is 420 g/mol. The Morgan fingerprint density at radius 2 is 1.55 bits per heavy atom. The number of fused-ring (bicyclic) bond motifs is 2. The van der Waals surface area contributed by atoms with Crippen LogP contribution in [0.1, 0.15) is 49.3 Å². The third-order valence-corrected chi connectivity index (χ3v) is 6.55. The van der Waals surface area contributed by atoms with E-state index in [1.54, 1.807) is 0 Å². The molecule has 0 aromatic heterocycles. The highest BCUT2D eigenvalue weighted by Crippen LogP contribution is 2.40. The number of amides is 1. The van der Waals surface area contributed by atoms with Crippen molar-refractivity contribution in [1.82, 2.24) is 5.32 Å². The van der Waals surface area contributed by atoms with Crippen molar-refractivity contribution in [3.63, 3.8) is 0 Å². The molecule has 2 aliphatic carbocycles. The SMILES string of the molecule is O=C(COC(=O)C1C[C@H]2CCC[C@@H](C1)C2=O)N[C@@H](Cc1ccccc1)c1ccccc1. The molecule has 5 nitrogen and oxygen atoms in total. The van der Waals surface area contributed by atoms with E-state index in [4.69, 9.17) is 4.74 Å². The second kappa shape index (κ2) is 9.90. The lowest BCUT2D eigenvalue weighted by Crippen LogP contribution is -2.40. The third-order valence-electron chi connectivity index (χ3n) is 6.55. The molecule has 4 rings (SSSR count). The van der Waals surface area contributed by atoms with Gasteiger partial charge in [-0.25, -0.2) is 0 Å². The van der Waals surface area contributed by atoms with Crippen LogP contribution in [0.15, 0.2) is 60.7 Å². The highest BCUT2D eigenvalue weighted by atomic mass is 16.5. The Hall–Kier alpha value is -2.95. The first-order valence-electron chi connectivity index (χ1n) is 11.2. The number of ketones is 1. The van der Waals surface area contributed by atoms with Gasteiger partial charge < -0.3 is 10.1 Å². The van der Waals surface area contributed by atoms with Crippen molar-refractivity contribution in [2.75, 3.05) is 6.61 Å². The van der Waals surface area contributed by atoms with Crippen LogP contribution in [0.4, 0.5) is 0 Å². The zero-order chi connectivity index (χ0) is 21.6. The number of nitrogens with one attached hydrogen (secondary N) is 1. The van der Waals surface area contributed by atoms with Crippen molar-refractivity contribution < 1.29 is 19.1 Å². The summed E-state index contributed by atoms with van der Waals surface area (Å²) in [4.78, 5) is 37.4. The number of Topliss-reactive ketones (excluding diaryl/α,β-unsaturated/α-hetero) is 1. The highest BCUT2D eigenvalue weighted by Gasteiger charge is 2.41. The molecule has 31 heavy (non-hydrogen) atoms. The number of esters is 1. The van der Waals surface area contributed by atoms with E-state index in [0.717, 1.165) is 30.4 Å². The van der Waals surface area contributed by atoms with Gasteiger partial charge in [0.25, 0.3) is 5.91 Å². The van der Waals surface area contributed by atoms with E-state index in [9.17, 15) is 14.4 Å². The Morgan fingerprint density at radius 1 is 0.935 bits per heavy atom. The summed E-state index contributed by atoms with van der Waals surface area (Å²) in [6, 6.07) is 19.6. The van der Waals surface area contributed by atoms with Crippen molar-refractivity contribution in [1.29, 1.82) is 0 Å². The predicted molar refractivity (Wildman–Crippen MR) is 117 cm³/mol. The van der Waals surface area contributed by atoms with Gasteiger partial charge in [0.15, 0.2) is 6.61 Å². The van der Waals surface area contributed by atoms with Crippen LogP contribution >= 0.6 is 0 Å². The molecule has 2 bridgehead atoms. The normalized spacial score (nSPS) is 23.6. The predicted octanol–water partition coefficient (Wildman–Crippen LogP) is 4.03. The summed E-state index contributed by atoms with van der Waals surface area (Å²) < 4.78 is 5.37. The number of carbonyl (C=O) groups excluding carboxylic acids is 3. The monoisotopic (exact) mass is 419 g/mol. The Kier molecular flexibility index (Phi) is 6.80. The number of carbonyl (C=O) groups is 3. The maximum absolute atomic E-state index is 12.6. The van der Waals surface area contributed by atoms with Gasteiger partial charge in [-0.15, -0.1) is 0 Å². The highest BCUT2D eigenvalue weighted by molar-refractivity contribution is 5.88. The van der Waals surface area contributed by atoms with E-state index in [0.29, 0.717) is 25.0 Å². The molecule has 5 heteroatoms. The van der Waals surface area contributed by atoms with Crippen LogP contribution in [0.3, 0.4) is 0 Å². The zero-order valence-electron chi connectivity index (χ0n) is 17.7. The van der Waals surface area contributed by atoms with Crippen LogP contribution in [-0.2, 0) is 25.5 Å². The summed E-state index contributed by atoms with van der Waals surface area (Å²) in [6.07, 6.45) is 4.59. The maximum atomic E-state index is 12.6. The van der Waals surface area contributed by atoms with Gasteiger partial charge in [-0.05, 0) is 43.2 Å². The van der Waals surface area contributed by atoms with Gasteiger partial charge in [-0.2, -0.15) is 0 Å². The minimum Gasteiger partial charge on any atom is -0.455 e. The van der Waals surface area contributed by atoms with Gasteiger partial charge >= 0.3 is 5.97 Å². The van der Waals surface area contributed by atoms with Crippen molar-refractivity contribution in [3.8, 4) is 0 Å².